The van der Waals surface area contributed by atoms with Gasteiger partial charge in [0.1, 0.15) is 24.4 Å². The third kappa shape index (κ3) is 1.67. The molecule has 0 radical (unpaired) electrons. The minimum absolute atomic E-state index is 0.470. The van der Waals surface area contributed by atoms with Gasteiger partial charge in [-0.3, -0.25) is 0 Å². The molecule has 0 bridgehead atoms. The fourth-order valence-electron chi connectivity index (χ4n) is 1.62. The maximum Gasteiger partial charge on any atom is 0.187 e. The zero-order valence-corrected chi connectivity index (χ0v) is 7.87. The Morgan fingerprint density at radius 3 is 2.80 bits per heavy atom. The third-order valence-corrected chi connectivity index (χ3v) is 2.53. The largest absolute Gasteiger partial charge is 0.393 e. The van der Waals surface area contributed by atoms with Crippen molar-refractivity contribution in [3.8, 4) is 11.8 Å². The Balaban J connectivity index is 2.15. The van der Waals surface area contributed by atoms with Crippen LogP contribution in [0.2, 0.25) is 0 Å². The summed E-state index contributed by atoms with van der Waals surface area (Å²) < 4.78 is 5.16. The van der Waals surface area contributed by atoms with E-state index >= 15 is 0 Å². The Labute approximate surface area is 86.6 Å². The van der Waals surface area contributed by atoms with Crippen molar-refractivity contribution in [3.63, 3.8) is 0 Å². The summed E-state index contributed by atoms with van der Waals surface area (Å²) in [7, 11) is 0. The van der Waals surface area contributed by atoms with Crippen LogP contribution in [0.4, 0.5) is 0 Å². The maximum absolute atomic E-state index is 9.60. The molecule has 1 aliphatic heterocycles. The fourth-order valence-corrected chi connectivity index (χ4v) is 1.62. The molecule has 1 fully saturated rings. The lowest BCUT2D eigenvalue weighted by Gasteiger charge is -2.16. The molecule has 15 heavy (non-hydrogen) atoms. The first-order valence-corrected chi connectivity index (χ1v) is 4.64. The number of aliphatic hydroxyl groups excluding tert-OH is 4. The average Bonchev–Trinajstić information content (AvgIpc) is 2.98. The lowest BCUT2D eigenvalue weighted by atomic mass is 9.90. The van der Waals surface area contributed by atoms with Crippen molar-refractivity contribution in [2.45, 2.75) is 30.0 Å². The van der Waals surface area contributed by atoms with E-state index in [4.69, 9.17) is 14.9 Å². The number of hydrogen-bond acceptors (Lipinski definition) is 5. The Morgan fingerprint density at radius 1 is 1.40 bits per heavy atom. The van der Waals surface area contributed by atoms with Crippen molar-refractivity contribution in [1.82, 2.24) is 0 Å². The molecular weight excluding hydrogens is 200 g/mol. The normalized spacial score (nSPS) is 43.9. The number of aliphatic hydroxyl groups is 4. The van der Waals surface area contributed by atoms with Crippen LogP contribution in [-0.2, 0) is 4.74 Å². The lowest BCUT2D eigenvalue weighted by molar-refractivity contribution is 0.134. The van der Waals surface area contributed by atoms with Crippen molar-refractivity contribution in [3.05, 3.63) is 12.2 Å². The van der Waals surface area contributed by atoms with Crippen LogP contribution in [0, 0.1) is 11.8 Å². The highest BCUT2D eigenvalue weighted by atomic mass is 16.6. The summed E-state index contributed by atoms with van der Waals surface area (Å²) in [5, 5.41) is 36.6. The number of epoxide rings is 1. The van der Waals surface area contributed by atoms with Gasteiger partial charge in [-0.1, -0.05) is 24.0 Å². The van der Waals surface area contributed by atoms with Gasteiger partial charge >= 0.3 is 0 Å². The van der Waals surface area contributed by atoms with Crippen molar-refractivity contribution in [2.24, 2.45) is 0 Å². The zero-order valence-electron chi connectivity index (χ0n) is 7.87. The SMILES string of the molecule is OC[C@@H](O)C#C[C@@]12O[C@@H]1[C@@H](O)C=C[C@@H]2O. The molecule has 1 saturated heterocycles. The second-order valence-electron chi connectivity index (χ2n) is 3.62. The van der Waals surface area contributed by atoms with Crippen molar-refractivity contribution in [2.75, 3.05) is 6.61 Å². The predicted molar refractivity (Wildman–Crippen MR) is 49.6 cm³/mol. The maximum atomic E-state index is 9.60. The molecule has 5 nitrogen and oxygen atoms in total. The van der Waals surface area contributed by atoms with Gasteiger partial charge in [0.2, 0.25) is 0 Å². The summed E-state index contributed by atoms with van der Waals surface area (Å²) >= 11 is 0. The molecule has 0 aromatic carbocycles. The number of hydrogen-bond donors (Lipinski definition) is 4. The quantitative estimate of drug-likeness (QED) is 0.224. The number of rotatable bonds is 1. The molecule has 1 aliphatic carbocycles. The molecule has 5 heteroatoms. The molecular formula is C10H12O5. The van der Waals surface area contributed by atoms with Crippen LogP contribution in [0.15, 0.2) is 12.2 Å². The van der Waals surface area contributed by atoms with Gasteiger partial charge in [-0.25, -0.2) is 0 Å². The third-order valence-electron chi connectivity index (χ3n) is 2.53. The summed E-state index contributed by atoms with van der Waals surface area (Å²) in [6.07, 6.45) is -0.535. The standard InChI is InChI=1S/C10H12O5/c11-5-6(12)3-4-10-8(14)2-1-7(13)9(10)15-10/h1-2,6-9,11-14H,5H2/t6-,7-,8-,9+,10-/m0/s1. The van der Waals surface area contributed by atoms with Crippen LogP contribution in [0.1, 0.15) is 0 Å². The molecule has 82 valence electrons. The summed E-state index contributed by atoms with van der Waals surface area (Å²) in [6.45, 7) is -0.470. The van der Waals surface area contributed by atoms with E-state index in [1.807, 2.05) is 0 Å². The predicted octanol–water partition coefficient (Wildman–Crippen LogP) is -2.23. The second kappa shape index (κ2) is 3.59. The topological polar surface area (TPSA) is 93.5 Å². The van der Waals surface area contributed by atoms with Gasteiger partial charge in [0.25, 0.3) is 0 Å². The molecule has 0 aromatic heterocycles. The van der Waals surface area contributed by atoms with Gasteiger partial charge in [0.05, 0.1) is 6.61 Å². The van der Waals surface area contributed by atoms with E-state index < -0.39 is 36.6 Å². The fraction of sp³-hybridized carbons (Fsp3) is 0.600. The molecule has 5 atom stereocenters. The summed E-state index contributed by atoms with van der Waals surface area (Å²) in [5.41, 5.74) is -1.11. The summed E-state index contributed by atoms with van der Waals surface area (Å²) in [5.74, 6) is 4.92. The van der Waals surface area contributed by atoms with Crippen LogP contribution >= 0.6 is 0 Å². The monoisotopic (exact) mass is 212 g/mol. The van der Waals surface area contributed by atoms with Crippen molar-refractivity contribution < 1.29 is 25.2 Å². The molecule has 0 unspecified atom stereocenters. The Hall–Kier alpha value is -0.900. The first kappa shape index (κ1) is 10.6. The van der Waals surface area contributed by atoms with Gasteiger partial charge in [0.15, 0.2) is 5.60 Å². The van der Waals surface area contributed by atoms with Crippen LogP contribution < -0.4 is 0 Å². The van der Waals surface area contributed by atoms with E-state index in [0.717, 1.165) is 0 Å². The van der Waals surface area contributed by atoms with E-state index in [-0.39, 0.29) is 0 Å². The van der Waals surface area contributed by atoms with E-state index in [1.165, 1.54) is 12.2 Å². The average molecular weight is 212 g/mol. The molecule has 0 amide bonds. The van der Waals surface area contributed by atoms with E-state index in [9.17, 15) is 10.2 Å². The summed E-state index contributed by atoms with van der Waals surface area (Å²) in [4.78, 5) is 0. The Bertz CT molecular complexity index is 341. The van der Waals surface area contributed by atoms with Gasteiger partial charge < -0.3 is 25.2 Å². The van der Waals surface area contributed by atoms with Gasteiger partial charge in [-0.2, -0.15) is 0 Å². The number of fused-ring (bicyclic) bond motifs is 1. The Kier molecular flexibility index (Phi) is 2.54. The smallest absolute Gasteiger partial charge is 0.187 e. The van der Waals surface area contributed by atoms with E-state index in [2.05, 4.69) is 11.8 Å². The number of ether oxygens (including phenoxy) is 1. The van der Waals surface area contributed by atoms with Crippen LogP contribution in [0.3, 0.4) is 0 Å². The van der Waals surface area contributed by atoms with Gasteiger partial charge in [-0.05, 0) is 0 Å². The highest BCUT2D eigenvalue weighted by Crippen LogP contribution is 2.44. The van der Waals surface area contributed by atoms with Crippen LogP contribution in [-0.4, -0.2) is 57.0 Å². The van der Waals surface area contributed by atoms with Gasteiger partial charge in [-0.15, -0.1) is 0 Å². The van der Waals surface area contributed by atoms with E-state index in [1.54, 1.807) is 0 Å². The van der Waals surface area contributed by atoms with Gasteiger partial charge in [0, 0.05) is 0 Å². The molecule has 0 spiro atoms. The van der Waals surface area contributed by atoms with Crippen molar-refractivity contribution >= 4 is 0 Å². The molecule has 4 N–H and O–H groups in total. The second-order valence-corrected chi connectivity index (χ2v) is 3.62. The first-order chi connectivity index (χ1) is 7.10. The highest BCUT2D eigenvalue weighted by molar-refractivity contribution is 5.37. The van der Waals surface area contributed by atoms with E-state index in [0.29, 0.717) is 0 Å². The first-order valence-electron chi connectivity index (χ1n) is 4.64. The highest BCUT2D eigenvalue weighted by Gasteiger charge is 2.64. The van der Waals surface area contributed by atoms with Crippen molar-refractivity contribution in [1.29, 1.82) is 0 Å². The molecule has 2 aliphatic rings. The minimum atomic E-state index is -1.15. The van der Waals surface area contributed by atoms with Crippen LogP contribution in [0.5, 0.6) is 0 Å². The summed E-state index contributed by atoms with van der Waals surface area (Å²) in [6, 6.07) is 0. The zero-order chi connectivity index (χ0) is 11.1. The molecule has 2 rings (SSSR count). The van der Waals surface area contributed by atoms with Crippen LogP contribution in [0.25, 0.3) is 0 Å². The molecule has 1 heterocycles. The molecule has 0 aromatic rings. The lowest BCUT2D eigenvalue weighted by Crippen LogP contribution is -2.37. The Morgan fingerprint density at radius 2 is 2.13 bits per heavy atom. The molecule has 0 saturated carbocycles. The minimum Gasteiger partial charge on any atom is -0.393 e.